The molecule has 13 heteroatoms. The Morgan fingerprint density at radius 3 is 2.50 bits per heavy atom. The van der Waals surface area contributed by atoms with Crippen molar-refractivity contribution < 1.29 is 37.1 Å². The Morgan fingerprint density at radius 1 is 1.18 bits per heavy atom. The summed E-state index contributed by atoms with van der Waals surface area (Å²) >= 11 is 6.16. The van der Waals surface area contributed by atoms with E-state index in [1.165, 1.54) is 12.1 Å². The van der Waals surface area contributed by atoms with Gasteiger partial charge in [0.25, 0.3) is 0 Å². The molecule has 0 spiro atoms. The van der Waals surface area contributed by atoms with Crippen molar-refractivity contribution in [3.05, 3.63) is 88.1 Å². The fraction of sp³-hybridized carbons (Fsp3) is 0.200. The van der Waals surface area contributed by atoms with Crippen molar-refractivity contribution in [2.75, 3.05) is 5.32 Å². The molecular formula is C25H20ClF3N4O5. The monoisotopic (exact) mass is 548 g/mol. The first-order valence-corrected chi connectivity index (χ1v) is 11.5. The van der Waals surface area contributed by atoms with E-state index in [4.69, 9.17) is 26.0 Å². The number of carboxylic acids is 1. The number of hydrogen-bond donors (Lipinski definition) is 2. The van der Waals surface area contributed by atoms with Crippen LogP contribution in [0, 0.1) is 6.92 Å². The van der Waals surface area contributed by atoms with Crippen LogP contribution in [-0.2, 0) is 17.5 Å². The molecule has 2 N–H and O–H groups in total. The van der Waals surface area contributed by atoms with E-state index < -0.39 is 35.7 Å². The molecule has 2 aromatic heterocycles. The highest BCUT2D eigenvalue weighted by Gasteiger charge is 2.40. The van der Waals surface area contributed by atoms with Crippen molar-refractivity contribution in [2.45, 2.75) is 32.7 Å². The van der Waals surface area contributed by atoms with E-state index in [0.29, 0.717) is 27.4 Å². The van der Waals surface area contributed by atoms with Gasteiger partial charge in [0, 0.05) is 22.7 Å². The van der Waals surface area contributed by atoms with Crippen LogP contribution in [0.2, 0.25) is 5.02 Å². The second-order valence-electron chi connectivity index (χ2n) is 8.24. The zero-order valence-electron chi connectivity index (χ0n) is 19.9. The number of benzene rings is 2. The standard InChI is InChI=1S/C25H20ClF3N4O5/c1-13-19(31-24(36)37-14(2)17-5-3-4-6-18(17)26)21(38-32-13)16-9-7-15(8-10-16)11-33-12-30-20(23(34)35)22(33)25(27,28)29/h3-10,12,14H,11H2,1-2H3,(H,31,36)(H,34,35). The van der Waals surface area contributed by atoms with Gasteiger partial charge in [0.05, 0.1) is 6.33 Å². The van der Waals surface area contributed by atoms with E-state index in [-0.39, 0.29) is 18.0 Å². The second kappa shape index (κ2) is 10.6. The molecule has 0 aliphatic heterocycles. The molecule has 0 fully saturated rings. The molecule has 9 nitrogen and oxygen atoms in total. The SMILES string of the molecule is Cc1noc(-c2ccc(Cn3cnc(C(=O)O)c3C(F)(F)F)cc2)c1NC(=O)OC(C)c1ccccc1Cl. The number of imidazole rings is 1. The molecule has 2 aromatic carbocycles. The molecule has 0 aliphatic rings. The summed E-state index contributed by atoms with van der Waals surface area (Å²) in [5.74, 6) is -1.56. The number of carboxylic acid groups (broad SMARTS) is 1. The number of carbonyl (C=O) groups excluding carboxylic acids is 1. The number of nitrogens with zero attached hydrogens (tertiary/aromatic N) is 3. The van der Waals surface area contributed by atoms with Crippen LogP contribution in [0.3, 0.4) is 0 Å². The summed E-state index contributed by atoms with van der Waals surface area (Å²) in [5, 5.41) is 16.0. The zero-order valence-corrected chi connectivity index (χ0v) is 20.7. The molecule has 198 valence electrons. The Morgan fingerprint density at radius 2 is 1.87 bits per heavy atom. The first kappa shape index (κ1) is 26.7. The molecule has 0 bridgehead atoms. The molecule has 1 unspecified atom stereocenters. The number of ether oxygens (including phenoxy) is 1. The molecule has 0 saturated heterocycles. The van der Waals surface area contributed by atoms with Crippen molar-refractivity contribution in [2.24, 2.45) is 0 Å². The lowest BCUT2D eigenvalue weighted by molar-refractivity contribution is -0.143. The molecule has 4 aromatic rings. The number of nitrogens with one attached hydrogen (secondary N) is 1. The van der Waals surface area contributed by atoms with Crippen LogP contribution >= 0.6 is 11.6 Å². The van der Waals surface area contributed by atoms with Crippen molar-refractivity contribution in [1.29, 1.82) is 0 Å². The van der Waals surface area contributed by atoms with Gasteiger partial charge in [0.1, 0.15) is 17.5 Å². The number of aryl methyl sites for hydroxylation is 1. The van der Waals surface area contributed by atoms with Gasteiger partial charge in [-0.15, -0.1) is 0 Å². The largest absolute Gasteiger partial charge is 0.476 e. The number of hydrogen-bond acceptors (Lipinski definition) is 6. The second-order valence-corrected chi connectivity index (χ2v) is 8.64. The third-order valence-corrected chi connectivity index (χ3v) is 5.94. The van der Waals surface area contributed by atoms with Crippen LogP contribution in [0.4, 0.5) is 23.7 Å². The van der Waals surface area contributed by atoms with Crippen LogP contribution < -0.4 is 5.32 Å². The molecule has 0 radical (unpaired) electrons. The van der Waals surface area contributed by atoms with E-state index >= 15 is 0 Å². The van der Waals surface area contributed by atoms with Gasteiger partial charge in [-0.1, -0.05) is 59.2 Å². The summed E-state index contributed by atoms with van der Waals surface area (Å²) in [6.45, 7) is 3.01. The maximum atomic E-state index is 13.4. The van der Waals surface area contributed by atoms with Gasteiger partial charge in [-0.2, -0.15) is 13.2 Å². The highest BCUT2D eigenvalue weighted by Crippen LogP contribution is 2.34. The molecule has 2 heterocycles. The van der Waals surface area contributed by atoms with Crippen LogP contribution in [0.25, 0.3) is 11.3 Å². The van der Waals surface area contributed by atoms with Crippen molar-refractivity contribution in [3.63, 3.8) is 0 Å². The molecule has 4 rings (SSSR count). The first-order chi connectivity index (χ1) is 18.0. The first-order valence-electron chi connectivity index (χ1n) is 11.1. The van der Waals surface area contributed by atoms with E-state index in [1.807, 2.05) is 0 Å². The average molecular weight is 549 g/mol. The Kier molecular flexibility index (Phi) is 7.44. The van der Waals surface area contributed by atoms with E-state index in [9.17, 15) is 22.8 Å². The summed E-state index contributed by atoms with van der Waals surface area (Å²) in [5.41, 5.74) is -0.239. The predicted molar refractivity (Wildman–Crippen MR) is 130 cm³/mol. The lowest BCUT2D eigenvalue weighted by atomic mass is 10.1. The average Bonchev–Trinajstić information content (AvgIpc) is 3.44. The number of rotatable bonds is 7. The topological polar surface area (TPSA) is 119 Å². The van der Waals surface area contributed by atoms with Gasteiger partial charge in [0.2, 0.25) is 0 Å². The van der Waals surface area contributed by atoms with Crippen LogP contribution in [0.1, 0.15) is 46.0 Å². The highest BCUT2D eigenvalue weighted by atomic mass is 35.5. The third-order valence-electron chi connectivity index (χ3n) is 5.59. The number of aromatic nitrogens is 3. The number of halogens is 4. The normalized spacial score (nSPS) is 12.3. The third kappa shape index (κ3) is 5.65. The minimum atomic E-state index is -4.90. The minimum absolute atomic E-state index is 0.211. The summed E-state index contributed by atoms with van der Waals surface area (Å²) in [6, 6.07) is 13.2. The van der Waals surface area contributed by atoms with Crippen LogP contribution in [0.5, 0.6) is 0 Å². The van der Waals surface area contributed by atoms with Crippen molar-refractivity contribution in [3.8, 4) is 11.3 Å². The number of aromatic carboxylic acids is 1. The zero-order chi connectivity index (χ0) is 27.6. The number of amides is 1. The molecule has 0 saturated carbocycles. The molecule has 38 heavy (non-hydrogen) atoms. The van der Waals surface area contributed by atoms with E-state index in [0.717, 1.165) is 10.9 Å². The summed E-state index contributed by atoms with van der Waals surface area (Å²) in [4.78, 5) is 27.1. The minimum Gasteiger partial charge on any atom is -0.476 e. The fourth-order valence-corrected chi connectivity index (χ4v) is 4.08. The quantitative estimate of drug-likeness (QED) is 0.268. The van der Waals surface area contributed by atoms with Gasteiger partial charge in [-0.25, -0.2) is 14.6 Å². The molecular weight excluding hydrogens is 529 g/mol. The maximum absolute atomic E-state index is 13.4. The lowest BCUT2D eigenvalue weighted by Crippen LogP contribution is -2.18. The predicted octanol–water partition coefficient (Wildman–Crippen LogP) is 6.57. The Labute approximate surface area is 218 Å². The Hall–Kier alpha value is -4.32. The van der Waals surface area contributed by atoms with E-state index in [2.05, 4.69) is 15.5 Å². The molecule has 0 aliphatic carbocycles. The van der Waals surface area contributed by atoms with Crippen molar-refractivity contribution in [1.82, 2.24) is 14.7 Å². The number of carbonyl (C=O) groups is 2. The van der Waals surface area contributed by atoms with Crippen molar-refractivity contribution >= 4 is 29.4 Å². The lowest BCUT2D eigenvalue weighted by Gasteiger charge is -2.15. The summed E-state index contributed by atoms with van der Waals surface area (Å²) in [7, 11) is 0. The van der Waals surface area contributed by atoms with Crippen LogP contribution in [0.15, 0.2) is 59.4 Å². The highest BCUT2D eigenvalue weighted by molar-refractivity contribution is 6.31. The van der Waals surface area contributed by atoms with Gasteiger partial charge in [-0.05, 0) is 25.5 Å². The molecule has 1 amide bonds. The van der Waals surface area contributed by atoms with Gasteiger partial charge in [0.15, 0.2) is 17.1 Å². The van der Waals surface area contributed by atoms with Crippen LogP contribution in [-0.4, -0.2) is 31.9 Å². The fourth-order valence-electron chi connectivity index (χ4n) is 3.79. The Balaban J connectivity index is 1.51. The summed E-state index contributed by atoms with van der Waals surface area (Å²) in [6.07, 6.45) is -5.48. The van der Waals surface area contributed by atoms with Gasteiger partial charge in [-0.3, -0.25) is 5.32 Å². The van der Waals surface area contributed by atoms with E-state index in [1.54, 1.807) is 50.2 Å². The van der Waals surface area contributed by atoms with Gasteiger partial charge < -0.3 is 18.9 Å². The van der Waals surface area contributed by atoms with Gasteiger partial charge >= 0.3 is 18.2 Å². The maximum Gasteiger partial charge on any atom is 0.433 e. The molecule has 1 atom stereocenters. The number of alkyl halides is 3. The summed E-state index contributed by atoms with van der Waals surface area (Å²) < 4.78 is 51.9. The smallest absolute Gasteiger partial charge is 0.433 e. The Bertz CT molecular complexity index is 1480. The number of anilines is 1.